The van der Waals surface area contributed by atoms with Gasteiger partial charge in [-0.1, -0.05) is 41.9 Å². The molecule has 1 saturated heterocycles. The predicted molar refractivity (Wildman–Crippen MR) is 140 cm³/mol. The summed E-state index contributed by atoms with van der Waals surface area (Å²) in [6, 6.07) is 18.7. The van der Waals surface area contributed by atoms with Gasteiger partial charge in [-0.3, -0.25) is 18.7 Å². The monoisotopic (exact) mass is 489 g/mol. The van der Waals surface area contributed by atoms with Gasteiger partial charge in [0.2, 0.25) is 0 Å². The van der Waals surface area contributed by atoms with E-state index in [0.29, 0.717) is 28.2 Å². The fourth-order valence-electron chi connectivity index (χ4n) is 4.74. The third-order valence-corrected chi connectivity index (χ3v) is 6.94. The molecule has 4 aromatic rings. The normalized spacial score (nSPS) is 14.5. The first-order valence-electron chi connectivity index (χ1n) is 12.0. The second-order valence-electron chi connectivity index (χ2n) is 8.77. The maximum atomic E-state index is 13.5. The van der Waals surface area contributed by atoms with Crippen molar-refractivity contribution >= 4 is 22.9 Å². The summed E-state index contributed by atoms with van der Waals surface area (Å²) in [4.78, 5) is 35.8. The van der Waals surface area contributed by atoms with Gasteiger partial charge in [0.05, 0.1) is 11.1 Å². The topological polar surface area (TPSA) is 62.9 Å². The second kappa shape index (κ2) is 10.5. The van der Waals surface area contributed by atoms with Gasteiger partial charge in [0.25, 0.3) is 5.56 Å². The molecule has 1 aromatic carbocycles. The van der Waals surface area contributed by atoms with Crippen LogP contribution >= 0.6 is 11.6 Å². The molecule has 0 amide bonds. The number of hydrogen-bond acceptors (Lipinski definition) is 5. The van der Waals surface area contributed by atoms with Crippen LogP contribution in [0, 0.1) is 0 Å². The smallest absolute Gasteiger partial charge is 0.335 e. The summed E-state index contributed by atoms with van der Waals surface area (Å²) in [6.45, 7) is 5.17. The van der Waals surface area contributed by atoms with Gasteiger partial charge in [0.1, 0.15) is 5.82 Å². The van der Waals surface area contributed by atoms with Crippen LogP contribution in [0.15, 0.2) is 82.6 Å². The molecule has 1 aliphatic rings. The van der Waals surface area contributed by atoms with Crippen LogP contribution in [0.3, 0.4) is 0 Å². The Morgan fingerprint density at radius 1 is 0.829 bits per heavy atom. The minimum absolute atomic E-state index is 0.293. The van der Waals surface area contributed by atoms with E-state index in [1.165, 1.54) is 8.97 Å². The molecule has 0 N–H and O–H groups in total. The zero-order chi connectivity index (χ0) is 24.2. The molecule has 0 atom stereocenters. The molecule has 1 aliphatic heterocycles. The van der Waals surface area contributed by atoms with E-state index in [4.69, 9.17) is 11.6 Å². The summed E-state index contributed by atoms with van der Waals surface area (Å²) in [5.74, 6) is 1.03. The third kappa shape index (κ3) is 4.88. The van der Waals surface area contributed by atoms with Crippen LogP contribution in [-0.4, -0.2) is 51.6 Å². The van der Waals surface area contributed by atoms with Crippen molar-refractivity contribution < 1.29 is 0 Å². The number of piperazine rings is 1. The SMILES string of the molecule is O=c1c(-c2ccccc2Cl)c2ccccn2c(=O)n1CCCCN1CCN(c2ccccn2)CC1. The molecular weight excluding hydrogens is 462 g/mol. The lowest BCUT2D eigenvalue weighted by atomic mass is 10.1. The van der Waals surface area contributed by atoms with Crippen molar-refractivity contribution in [1.82, 2.24) is 18.9 Å². The molecule has 5 rings (SSSR count). The number of hydrogen-bond donors (Lipinski definition) is 0. The highest BCUT2D eigenvalue weighted by Gasteiger charge is 2.19. The average molecular weight is 490 g/mol. The van der Waals surface area contributed by atoms with Gasteiger partial charge < -0.3 is 4.90 Å². The Bertz CT molecular complexity index is 1430. The number of pyridine rings is 2. The Morgan fingerprint density at radius 3 is 2.34 bits per heavy atom. The maximum Gasteiger partial charge on any atom is 0.335 e. The highest BCUT2D eigenvalue weighted by Crippen LogP contribution is 2.27. The molecule has 0 spiro atoms. The molecule has 8 heteroatoms. The van der Waals surface area contributed by atoms with Gasteiger partial charge in [0, 0.05) is 55.7 Å². The molecule has 7 nitrogen and oxygen atoms in total. The average Bonchev–Trinajstić information content (AvgIpc) is 2.90. The van der Waals surface area contributed by atoms with Crippen LogP contribution in [0.5, 0.6) is 0 Å². The lowest BCUT2D eigenvalue weighted by Gasteiger charge is -2.35. The van der Waals surface area contributed by atoms with E-state index in [1.54, 1.807) is 24.4 Å². The van der Waals surface area contributed by atoms with Crippen molar-refractivity contribution in [2.75, 3.05) is 37.6 Å². The van der Waals surface area contributed by atoms with Crippen molar-refractivity contribution in [2.45, 2.75) is 19.4 Å². The van der Waals surface area contributed by atoms with Crippen LogP contribution in [0.25, 0.3) is 16.6 Å². The minimum Gasteiger partial charge on any atom is -0.354 e. The second-order valence-corrected chi connectivity index (χ2v) is 9.18. The summed E-state index contributed by atoms with van der Waals surface area (Å²) in [6.07, 6.45) is 5.19. The lowest BCUT2D eigenvalue weighted by Crippen LogP contribution is -2.47. The number of rotatable bonds is 7. The highest BCUT2D eigenvalue weighted by atomic mass is 35.5. The number of unbranched alkanes of at least 4 members (excludes halogenated alkanes) is 1. The van der Waals surface area contributed by atoms with E-state index < -0.39 is 0 Å². The zero-order valence-electron chi connectivity index (χ0n) is 19.5. The lowest BCUT2D eigenvalue weighted by molar-refractivity contribution is 0.250. The molecular formula is C27H28ClN5O2. The number of fused-ring (bicyclic) bond motifs is 1. The van der Waals surface area contributed by atoms with E-state index in [0.717, 1.165) is 51.4 Å². The van der Waals surface area contributed by atoms with Crippen molar-refractivity contribution in [3.8, 4) is 11.1 Å². The maximum absolute atomic E-state index is 13.5. The number of halogens is 1. The molecule has 1 fully saturated rings. The third-order valence-electron chi connectivity index (χ3n) is 6.61. The standard InChI is InChI=1S/C27H28ClN5O2/c28-22-10-2-1-9-21(22)25-23-11-4-6-15-32(23)27(35)33(26(25)34)16-8-7-14-30-17-19-31(20-18-30)24-12-3-5-13-29-24/h1-6,9-13,15H,7-8,14,16-20H2. The zero-order valence-corrected chi connectivity index (χ0v) is 20.3. The Labute approximate surface area is 208 Å². The largest absolute Gasteiger partial charge is 0.354 e. The van der Waals surface area contributed by atoms with Crippen LogP contribution in [-0.2, 0) is 6.54 Å². The van der Waals surface area contributed by atoms with Crippen LogP contribution in [0.1, 0.15) is 12.8 Å². The summed E-state index contributed by atoms with van der Waals surface area (Å²) in [5.41, 5.74) is 1.06. The fraction of sp³-hybridized carbons (Fsp3) is 0.296. The Kier molecular flexibility index (Phi) is 6.97. The van der Waals surface area contributed by atoms with Gasteiger partial charge in [-0.25, -0.2) is 9.78 Å². The van der Waals surface area contributed by atoms with Gasteiger partial charge in [-0.15, -0.1) is 0 Å². The van der Waals surface area contributed by atoms with Gasteiger partial charge in [-0.2, -0.15) is 0 Å². The summed E-state index contributed by atoms with van der Waals surface area (Å²) >= 11 is 6.44. The van der Waals surface area contributed by atoms with E-state index in [2.05, 4.69) is 14.8 Å². The fourth-order valence-corrected chi connectivity index (χ4v) is 4.97. The molecule has 0 radical (unpaired) electrons. The summed E-state index contributed by atoms with van der Waals surface area (Å²) < 4.78 is 2.89. The quantitative estimate of drug-likeness (QED) is 0.370. The molecule has 4 heterocycles. The molecule has 0 saturated carbocycles. The van der Waals surface area contributed by atoms with E-state index >= 15 is 0 Å². The van der Waals surface area contributed by atoms with Gasteiger partial charge in [0.15, 0.2) is 0 Å². The Balaban J connectivity index is 1.28. The van der Waals surface area contributed by atoms with Gasteiger partial charge >= 0.3 is 5.69 Å². The number of benzene rings is 1. The Hall–Kier alpha value is -3.42. The number of anilines is 1. The molecule has 0 bridgehead atoms. The van der Waals surface area contributed by atoms with Crippen LogP contribution < -0.4 is 16.1 Å². The first-order valence-corrected chi connectivity index (χ1v) is 12.4. The minimum atomic E-state index is -0.314. The molecule has 0 aliphatic carbocycles. The van der Waals surface area contributed by atoms with Crippen molar-refractivity contribution in [2.24, 2.45) is 0 Å². The summed E-state index contributed by atoms with van der Waals surface area (Å²) in [5, 5.41) is 0.491. The first-order chi connectivity index (χ1) is 17.1. The van der Waals surface area contributed by atoms with E-state index in [-0.39, 0.29) is 11.2 Å². The Morgan fingerprint density at radius 2 is 1.57 bits per heavy atom. The van der Waals surface area contributed by atoms with Crippen molar-refractivity contribution in [3.05, 3.63) is 98.9 Å². The molecule has 35 heavy (non-hydrogen) atoms. The van der Waals surface area contributed by atoms with Crippen molar-refractivity contribution in [1.29, 1.82) is 0 Å². The number of nitrogens with zero attached hydrogens (tertiary/aromatic N) is 5. The molecule has 3 aromatic heterocycles. The predicted octanol–water partition coefficient (Wildman–Crippen LogP) is 3.78. The van der Waals surface area contributed by atoms with Crippen LogP contribution in [0.2, 0.25) is 5.02 Å². The van der Waals surface area contributed by atoms with E-state index in [1.807, 2.05) is 48.7 Å². The highest BCUT2D eigenvalue weighted by molar-refractivity contribution is 6.33. The number of aromatic nitrogens is 3. The van der Waals surface area contributed by atoms with E-state index in [9.17, 15) is 9.59 Å². The molecule has 0 unspecified atom stereocenters. The molecule has 180 valence electrons. The van der Waals surface area contributed by atoms with Crippen LogP contribution in [0.4, 0.5) is 5.82 Å². The summed E-state index contributed by atoms with van der Waals surface area (Å²) in [7, 11) is 0. The van der Waals surface area contributed by atoms with Gasteiger partial charge in [-0.05, 0) is 49.7 Å². The van der Waals surface area contributed by atoms with Crippen molar-refractivity contribution in [3.63, 3.8) is 0 Å². The first kappa shape index (κ1) is 23.3.